The van der Waals surface area contributed by atoms with E-state index in [9.17, 15) is 0 Å². The molecule has 1 aliphatic rings. The van der Waals surface area contributed by atoms with Crippen LogP contribution < -0.4 is 0 Å². The smallest absolute Gasteiger partial charge is 0.134 e. The Balaban J connectivity index is 2.25. The van der Waals surface area contributed by atoms with Gasteiger partial charge in [-0.25, -0.2) is 0 Å². The highest BCUT2D eigenvalue weighted by Gasteiger charge is 2.19. The second kappa shape index (κ2) is 2.85. The van der Waals surface area contributed by atoms with Gasteiger partial charge in [-0.05, 0) is 13.1 Å². The van der Waals surface area contributed by atoms with E-state index in [1.807, 2.05) is 12.1 Å². The van der Waals surface area contributed by atoms with Crippen molar-refractivity contribution < 1.29 is 4.42 Å². The van der Waals surface area contributed by atoms with Gasteiger partial charge in [-0.1, -0.05) is 18.2 Å². The summed E-state index contributed by atoms with van der Waals surface area (Å²) < 4.78 is 5.81. The molecule has 1 aromatic heterocycles. The molecule has 0 unspecified atom stereocenters. The third-order valence-corrected chi connectivity index (χ3v) is 2.93. The lowest BCUT2D eigenvalue weighted by Gasteiger charge is -2.21. The molecular formula is C12H13NO. The molecule has 1 aliphatic heterocycles. The van der Waals surface area contributed by atoms with Gasteiger partial charge in [0.2, 0.25) is 0 Å². The first kappa shape index (κ1) is 8.06. The van der Waals surface area contributed by atoms with Crippen molar-refractivity contribution in [3.63, 3.8) is 0 Å². The molecule has 72 valence electrons. The molecule has 0 fully saturated rings. The largest absolute Gasteiger partial charge is 0.461 e. The molecular weight excluding hydrogens is 174 g/mol. The summed E-state index contributed by atoms with van der Waals surface area (Å²) in [6, 6.07) is 8.30. The Morgan fingerprint density at radius 3 is 3.07 bits per heavy atom. The molecule has 2 heterocycles. The van der Waals surface area contributed by atoms with Gasteiger partial charge in [-0.2, -0.15) is 0 Å². The minimum atomic E-state index is 1.02. The van der Waals surface area contributed by atoms with Crippen molar-refractivity contribution in [3.05, 3.63) is 35.6 Å². The SMILES string of the molecule is CN1CCc2oc3ccccc3c2C1. The first-order chi connectivity index (χ1) is 6.84. The monoisotopic (exact) mass is 187 g/mol. The zero-order chi connectivity index (χ0) is 9.54. The summed E-state index contributed by atoms with van der Waals surface area (Å²) in [4.78, 5) is 2.34. The number of furan rings is 1. The van der Waals surface area contributed by atoms with E-state index < -0.39 is 0 Å². The topological polar surface area (TPSA) is 16.4 Å². The summed E-state index contributed by atoms with van der Waals surface area (Å²) in [7, 11) is 2.16. The molecule has 2 aromatic rings. The van der Waals surface area contributed by atoms with Crippen molar-refractivity contribution in [2.45, 2.75) is 13.0 Å². The van der Waals surface area contributed by atoms with Crippen LogP contribution in [0, 0.1) is 0 Å². The minimum absolute atomic E-state index is 1.02. The van der Waals surface area contributed by atoms with Crippen LogP contribution >= 0.6 is 0 Å². The maximum Gasteiger partial charge on any atom is 0.134 e. The number of rotatable bonds is 0. The van der Waals surface area contributed by atoms with Crippen molar-refractivity contribution in [1.29, 1.82) is 0 Å². The van der Waals surface area contributed by atoms with Crippen molar-refractivity contribution in [2.24, 2.45) is 0 Å². The number of hydrogen-bond acceptors (Lipinski definition) is 2. The fourth-order valence-corrected chi connectivity index (χ4v) is 2.17. The number of benzene rings is 1. The first-order valence-corrected chi connectivity index (χ1v) is 5.02. The Hall–Kier alpha value is -1.28. The standard InChI is InChI=1S/C12H13NO/c1-13-7-6-12-10(8-13)9-4-2-3-5-11(9)14-12/h2-5H,6-8H2,1H3. The second-order valence-electron chi connectivity index (χ2n) is 3.99. The van der Waals surface area contributed by atoms with E-state index in [2.05, 4.69) is 24.1 Å². The summed E-state index contributed by atoms with van der Waals surface area (Å²) in [6.07, 6.45) is 1.04. The van der Waals surface area contributed by atoms with E-state index >= 15 is 0 Å². The number of nitrogens with zero attached hydrogens (tertiary/aromatic N) is 1. The fraction of sp³-hybridized carbons (Fsp3) is 0.333. The van der Waals surface area contributed by atoms with Crippen LogP contribution in [0.15, 0.2) is 28.7 Å². The summed E-state index contributed by atoms with van der Waals surface area (Å²) in [5.74, 6) is 1.18. The molecule has 0 N–H and O–H groups in total. The Labute approximate surface area is 83.1 Å². The predicted molar refractivity (Wildman–Crippen MR) is 56.3 cm³/mol. The summed E-state index contributed by atoms with van der Waals surface area (Å²) in [5.41, 5.74) is 2.42. The lowest BCUT2D eigenvalue weighted by molar-refractivity contribution is 0.296. The number of likely N-dealkylation sites (N-methyl/N-ethyl adjacent to an activating group) is 1. The maximum absolute atomic E-state index is 5.81. The van der Waals surface area contributed by atoms with Crippen LogP contribution in [-0.2, 0) is 13.0 Å². The second-order valence-corrected chi connectivity index (χ2v) is 3.99. The lowest BCUT2D eigenvalue weighted by atomic mass is 10.1. The molecule has 14 heavy (non-hydrogen) atoms. The molecule has 0 amide bonds. The third kappa shape index (κ3) is 1.07. The van der Waals surface area contributed by atoms with Crippen LogP contribution in [0.5, 0.6) is 0 Å². The van der Waals surface area contributed by atoms with Gasteiger partial charge in [-0.3, -0.25) is 0 Å². The van der Waals surface area contributed by atoms with E-state index in [1.165, 1.54) is 16.7 Å². The van der Waals surface area contributed by atoms with Crippen molar-refractivity contribution in [3.8, 4) is 0 Å². The van der Waals surface area contributed by atoms with E-state index in [0.717, 1.165) is 25.1 Å². The minimum Gasteiger partial charge on any atom is -0.461 e. The molecule has 0 atom stereocenters. The summed E-state index contributed by atoms with van der Waals surface area (Å²) in [6.45, 7) is 2.12. The van der Waals surface area contributed by atoms with Crippen molar-refractivity contribution in [2.75, 3.05) is 13.6 Å². The molecule has 2 heteroatoms. The van der Waals surface area contributed by atoms with Gasteiger partial charge in [0, 0.05) is 30.5 Å². The highest BCUT2D eigenvalue weighted by Crippen LogP contribution is 2.29. The van der Waals surface area contributed by atoms with Crippen molar-refractivity contribution >= 4 is 11.0 Å². The maximum atomic E-state index is 5.81. The van der Waals surface area contributed by atoms with Gasteiger partial charge < -0.3 is 9.32 Å². The average Bonchev–Trinajstić information content (AvgIpc) is 2.56. The van der Waals surface area contributed by atoms with Crippen LogP contribution in [0.3, 0.4) is 0 Å². The fourth-order valence-electron chi connectivity index (χ4n) is 2.17. The molecule has 0 bridgehead atoms. The first-order valence-electron chi connectivity index (χ1n) is 5.02. The number of para-hydroxylation sites is 1. The highest BCUT2D eigenvalue weighted by molar-refractivity contribution is 5.82. The van der Waals surface area contributed by atoms with E-state index in [4.69, 9.17) is 4.42 Å². The van der Waals surface area contributed by atoms with Gasteiger partial charge in [-0.15, -0.1) is 0 Å². The van der Waals surface area contributed by atoms with Crippen molar-refractivity contribution in [1.82, 2.24) is 4.90 Å². The Morgan fingerprint density at radius 2 is 2.14 bits per heavy atom. The van der Waals surface area contributed by atoms with Gasteiger partial charge in [0.1, 0.15) is 11.3 Å². The van der Waals surface area contributed by atoms with Gasteiger partial charge in [0.15, 0.2) is 0 Å². The molecule has 1 aromatic carbocycles. The normalized spacial score (nSPS) is 17.2. The average molecular weight is 187 g/mol. The molecule has 0 saturated carbocycles. The van der Waals surface area contributed by atoms with E-state index in [-0.39, 0.29) is 0 Å². The van der Waals surface area contributed by atoms with Crippen LogP contribution in [0.4, 0.5) is 0 Å². The molecule has 0 spiro atoms. The van der Waals surface area contributed by atoms with E-state index in [1.54, 1.807) is 0 Å². The molecule has 2 nitrogen and oxygen atoms in total. The predicted octanol–water partition coefficient (Wildman–Crippen LogP) is 2.42. The Morgan fingerprint density at radius 1 is 1.29 bits per heavy atom. The number of fused-ring (bicyclic) bond motifs is 3. The van der Waals surface area contributed by atoms with Gasteiger partial charge in [0.05, 0.1) is 0 Å². The van der Waals surface area contributed by atoms with Crippen LogP contribution in [-0.4, -0.2) is 18.5 Å². The molecule has 0 saturated heterocycles. The Kier molecular flexibility index (Phi) is 1.64. The summed E-state index contributed by atoms with van der Waals surface area (Å²) in [5, 5.41) is 1.29. The highest BCUT2D eigenvalue weighted by atomic mass is 16.3. The number of hydrogen-bond donors (Lipinski definition) is 0. The zero-order valence-electron chi connectivity index (χ0n) is 8.29. The van der Waals surface area contributed by atoms with Crippen LogP contribution in [0.2, 0.25) is 0 Å². The van der Waals surface area contributed by atoms with Gasteiger partial charge in [0.25, 0.3) is 0 Å². The molecule has 3 rings (SSSR count). The molecule has 0 radical (unpaired) electrons. The summed E-state index contributed by atoms with van der Waals surface area (Å²) >= 11 is 0. The van der Waals surface area contributed by atoms with Crippen LogP contribution in [0.25, 0.3) is 11.0 Å². The lowest BCUT2D eigenvalue weighted by Crippen LogP contribution is -2.25. The van der Waals surface area contributed by atoms with Gasteiger partial charge >= 0.3 is 0 Å². The van der Waals surface area contributed by atoms with Crippen LogP contribution in [0.1, 0.15) is 11.3 Å². The van der Waals surface area contributed by atoms with E-state index in [0.29, 0.717) is 0 Å². The quantitative estimate of drug-likeness (QED) is 0.629. The Bertz CT molecular complexity index is 472. The zero-order valence-corrected chi connectivity index (χ0v) is 8.29. The third-order valence-electron chi connectivity index (χ3n) is 2.93. The molecule has 0 aliphatic carbocycles.